The van der Waals surface area contributed by atoms with E-state index < -0.39 is 17.6 Å². The van der Waals surface area contributed by atoms with Crippen LogP contribution < -0.4 is 0 Å². The standard InChI is InChI=1S/C18H13F2NO3/c1-2-23-18(22)16-17(24-10-21-16)15-6-4-3-5-14(15)11-7-12(19)9-13(20)8-11/h3-10H,2H2,1H3. The molecule has 0 aliphatic heterocycles. The minimum absolute atomic E-state index is 0.0150. The molecule has 0 saturated heterocycles. The Morgan fingerprint density at radius 1 is 1.12 bits per heavy atom. The highest BCUT2D eigenvalue weighted by Gasteiger charge is 2.22. The van der Waals surface area contributed by atoms with E-state index in [9.17, 15) is 13.6 Å². The fourth-order valence-corrected chi connectivity index (χ4v) is 2.42. The van der Waals surface area contributed by atoms with Gasteiger partial charge in [0.05, 0.1) is 6.61 Å². The zero-order valence-corrected chi connectivity index (χ0v) is 12.8. The lowest BCUT2D eigenvalue weighted by atomic mass is 9.97. The largest absolute Gasteiger partial charge is 0.461 e. The van der Waals surface area contributed by atoms with Crippen molar-refractivity contribution in [1.29, 1.82) is 0 Å². The Balaban J connectivity index is 2.15. The second-order valence-corrected chi connectivity index (χ2v) is 4.95. The van der Waals surface area contributed by atoms with E-state index in [0.29, 0.717) is 16.7 Å². The fourth-order valence-electron chi connectivity index (χ4n) is 2.42. The van der Waals surface area contributed by atoms with Crippen LogP contribution in [0.2, 0.25) is 0 Å². The second kappa shape index (κ2) is 6.62. The number of oxazole rings is 1. The van der Waals surface area contributed by atoms with Crippen LogP contribution in [0, 0.1) is 11.6 Å². The summed E-state index contributed by atoms with van der Waals surface area (Å²) >= 11 is 0. The number of hydrogen-bond donors (Lipinski definition) is 0. The van der Waals surface area contributed by atoms with Crippen LogP contribution in [0.5, 0.6) is 0 Å². The molecule has 0 saturated carbocycles. The lowest BCUT2D eigenvalue weighted by Crippen LogP contribution is -2.06. The van der Waals surface area contributed by atoms with Gasteiger partial charge >= 0.3 is 5.97 Å². The van der Waals surface area contributed by atoms with Crippen molar-refractivity contribution in [3.63, 3.8) is 0 Å². The van der Waals surface area contributed by atoms with Crippen molar-refractivity contribution in [2.75, 3.05) is 6.61 Å². The molecule has 1 aromatic heterocycles. The normalized spacial score (nSPS) is 10.6. The molecular formula is C18H13F2NO3. The Morgan fingerprint density at radius 3 is 2.46 bits per heavy atom. The minimum Gasteiger partial charge on any atom is -0.461 e. The number of aromatic nitrogens is 1. The molecule has 0 aliphatic carbocycles. The first-order valence-corrected chi connectivity index (χ1v) is 7.26. The van der Waals surface area contributed by atoms with Crippen molar-refractivity contribution < 1.29 is 22.7 Å². The lowest BCUT2D eigenvalue weighted by Gasteiger charge is -2.09. The van der Waals surface area contributed by atoms with Crippen molar-refractivity contribution in [3.8, 4) is 22.5 Å². The zero-order valence-electron chi connectivity index (χ0n) is 12.8. The van der Waals surface area contributed by atoms with E-state index in [1.165, 1.54) is 12.1 Å². The van der Waals surface area contributed by atoms with Crippen molar-refractivity contribution in [3.05, 3.63) is 66.2 Å². The molecule has 0 bridgehead atoms. The third kappa shape index (κ3) is 3.03. The molecule has 0 spiro atoms. The van der Waals surface area contributed by atoms with E-state index in [-0.39, 0.29) is 18.1 Å². The number of carbonyl (C=O) groups excluding carboxylic acids is 1. The predicted octanol–water partition coefficient (Wildman–Crippen LogP) is 4.46. The van der Waals surface area contributed by atoms with E-state index in [4.69, 9.17) is 9.15 Å². The van der Waals surface area contributed by atoms with Crippen molar-refractivity contribution in [2.24, 2.45) is 0 Å². The summed E-state index contributed by atoms with van der Waals surface area (Å²) in [5.41, 5.74) is 1.34. The lowest BCUT2D eigenvalue weighted by molar-refractivity contribution is 0.0520. The number of carbonyl (C=O) groups is 1. The SMILES string of the molecule is CCOC(=O)c1ncoc1-c1ccccc1-c1cc(F)cc(F)c1. The van der Waals surface area contributed by atoms with Crippen LogP contribution in [0.15, 0.2) is 53.3 Å². The van der Waals surface area contributed by atoms with Gasteiger partial charge in [-0.3, -0.25) is 0 Å². The van der Waals surface area contributed by atoms with Gasteiger partial charge in [0, 0.05) is 11.6 Å². The Kier molecular flexibility index (Phi) is 4.37. The molecule has 2 aromatic carbocycles. The molecule has 0 radical (unpaired) electrons. The van der Waals surface area contributed by atoms with Crippen molar-refractivity contribution in [1.82, 2.24) is 4.98 Å². The molecule has 0 atom stereocenters. The summed E-state index contributed by atoms with van der Waals surface area (Å²) < 4.78 is 37.4. The monoisotopic (exact) mass is 329 g/mol. The summed E-state index contributed by atoms with van der Waals surface area (Å²) in [6.45, 7) is 1.88. The smallest absolute Gasteiger partial charge is 0.360 e. The summed E-state index contributed by atoms with van der Waals surface area (Å²) in [6.07, 6.45) is 1.13. The number of benzene rings is 2. The van der Waals surface area contributed by atoms with Crippen molar-refractivity contribution >= 4 is 5.97 Å². The summed E-state index contributed by atoms with van der Waals surface area (Å²) in [5.74, 6) is -1.82. The van der Waals surface area contributed by atoms with Gasteiger partial charge in [0.25, 0.3) is 0 Å². The van der Waals surface area contributed by atoms with Crippen molar-refractivity contribution in [2.45, 2.75) is 6.92 Å². The van der Waals surface area contributed by atoms with E-state index in [2.05, 4.69) is 4.98 Å². The average molecular weight is 329 g/mol. The van der Waals surface area contributed by atoms with Crippen LogP contribution in [0.1, 0.15) is 17.4 Å². The van der Waals surface area contributed by atoms with E-state index in [1.54, 1.807) is 31.2 Å². The molecule has 24 heavy (non-hydrogen) atoms. The molecule has 6 heteroatoms. The van der Waals surface area contributed by atoms with Gasteiger partial charge in [-0.25, -0.2) is 18.6 Å². The maximum absolute atomic E-state index is 13.5. The molecule has 1 heterocycles. The third-order valence-corrected chi connectivity index (χ3v) is 3.38. The number of esters is 1. The third-order valence-electron chi connectivity index (χ3n) is 3.38. The average Bonchev–Trinajstić information content (AvgIpc) is 3.04. The van der Waals surface area contributed by atoms with E-state index in [1.807, 2.05) is 0 Å². The summed E-state index contributed by atoms with van der Waals surface area (Å²) in [5, 5.41) is 0. The number of hydrogen-bond acceptors (Lipinski definition) is 4. The first kappa shape index (κ1) is 15.9. The van der Waals surface area contributed by atoms with Crippen LogP contribution in [-0.4, -0.2) is 17.6 Å². The molecule has 3 rings (SSSR count). The van der Waals surface area contributed by atoms with Crippen LogP contribution >= 0.6 is 0 Å². The predicted molar refractivity (Wildman–Crippen MR) is 83.2 cm³/mol. The number of rotatable bonds is 4. The number of halogens is 2. The van der Waals surface area contributed by atoms with Gasteiger partial charge < -0.3 is 9.15 Å². The Morgan fingerprint density at radius 2 is 1.79 bits per heavy atom. The maximum Gasteiger partial charge on any atom is 0.360 e. The Labute approximate surface area is 136 Å². The molecule has 122 valence electrons. The summed E-state index contributed by atoms with van der Waals surface area (Å²) in [7, 11) is 0. The molecule has 4 nitrogen and oxygen atoms in total. The van der Waals surface area contributed by atoms with Crippen LogP contribution in [0.3, 0.4) is 0 Å². The summed E-state index contributed by atoms with van der Waals surface area (Å²) in [4.78, 5) is 15.9. The van der Waals surface area contributed by atoms with Gasteiger partial charge in [-0.2, -0.15) is 0 Å². The molecule has 0 fully saturated rings. The van der Waals surface area contributed by atoms with E-state index in [0.717, 1.165) is 12.5 Å². The van der Waals surface area contributed by atoms with Crippen LogP contribution in [-0.2, 0) is 4.74 Å². The van der Waals surface area contributed by atoms with Gasteiger partial charge in [-0.1, -0.05) is 24.3 Å². The first-order valence-electron chi connectivity index (χ1n) is 7.26. The Hall–Kier alpha value is -3.02. The highest BCUT2D eigenvalue weighted by atomic mass is 19.1. The molecular weight excluding hydrogens is 316 g/mol. The van der Waals surface area contributed by atoms with Gasteiger partial charge in [0.15, 0.2) is 17.8 Å². The topological polar surface area (TPSA) is 52.3 Å². The fraction of sp³-hybridized carbons (Fsp3) is 0.111. The zero-order chi connectivity index (χ0) is 17.1. The van der Waals surface area contributed by atoms with E-state index >= 15 is 0 Å². The van der Waals surface area contributed by atoms with Gasteiger partial charge in [0.2, 0.25) is 0 Å². The Bertz CT molecular complexity index is 869. The molecule has 0 amide bonds. The molecule has 0 aliphatic rings. The molecule has 0 N–H and O–H groups in total. The highest BCUT2D eigenvalue weighted by molar-refractivity contribution is 5.96. The molecule has 0 unspecified atom stereocenters. The maximum atomic E-state index is 13.5. The minimum atomic E-state index is -0.692. The number of nitrogens with zero attached hydrogens (tertiary/aromatic N) is 1. The van der Waals surface area contributed by atoms with Gasteiger partial charge in [-0.15, -0.1) is 0 Å². The second-order valence-electron chi connectivity index (χ2n) is 4.95. The number of ether oxygens (including phenoxy) is 1. The summed E-state index contributed by atoms with van der Waals surface area (Å²) in [6, 6.07) is 10.0. The van der Waals surface area contributed by atoms with Gasteiger partial charge in [-0.05, 0) is 30.2 Å². The highest BCUT2D eigenvalue weighted by Crippen LogP contribution is 2.34. The quantitative estimate of drug-likeness (QED) is 0.663. The molecule has 3 aromatic rings. The van der Waals surface area contributed by atoms with Crippen LogP contribution in [0.4, 0.5) is 8.78 Å². The van der Waals surface area contributed by atoms with Crippen LogP contribution in [0.25, 0.3) is 22.5 Å². The van der Waals surface area contributed by atoms with Gasteiger partial charge in [0.1, 0.15) is 11.6 Å². The first-order chi connectivity index (χ1) is 11.6.